The van der Waals surface area contributed by atoms with Crippen molar-refractivity contribution in [3.63, 3.8) is 0 Å². The van der Waals surface area contributed by atoms with Gasteiger partial charge in [-0.15, -0.1) is 0 Å². The first kappa shape index (κ1) is 15.4. The van der Waals surface area contributed by atoms with Gasteiger partial charge in [0.05, 0.1) is 19.3 Å². The molecule has 0 spiro atoms. The lowest BCUT2D eigenvalue weighted by Crippen LogP contribution is -2.05. The average molecular weight is 286 g/mol. The monoisotopic (exact) mass is 286 g/mol. The molecule has 0 aliphatic heterocycles. The lowest BCUT2D eigenvalue weighted by molar-refractivity contribution is 0.140. The molecule has 0 bridgehead atoms. The maximum Gasteiger partial charge on any atom is 0.119 e. The second-order valence-corrected chi connectivity index (χ2v) is 4.88. The molecule has 3 heteroatoms. The maximum absolute atomic E-state index is 10.0. The van der Waals surface area contributed by atoms with Gasteiger partial charge in [0.15, 0.2) is 0 Å². The molecular formula is C18H22O3. The Kier molecular flexibility index (Phi) is 6.10. The number of ether oxygens (including phenoxy) is 2. The molecular weight excluding hydrogens is 264 g/mol. The predicted octanol–water partition coefficient (Wildman–Crippen LogP) is 3.98. The second kappa shape index (κ2) is 8.32. The first-order chi connectivity index (χ1) is 10.3. The fourth-order valence-electron chi connectivity index (χ4n) is 1.98. The van der Waals surface area contributed by atoms with Crippen molar-refractivity contribution in [3.8, 4) is 11.5 Å². The Morgan fingerprint density at radius 3 is 2.00 bits per heavy atom. The first-order valence-corrected chi connectivity index (χ1v) is 7.38. The molecule has 1 N–H and O–H groups in total. The van der Waals surface area contributed by atoms with Gasteiger partial charge in [0, 0.05) is 6.42 Å². The third-order valence-electron chi connectivity index (χ3n) is 3.14. The van der Waals surface area contributed by atoms with Gasteiger partial charge in [0.25, 0.3) is 0 Å². The molecule has 0 aliphatic rings. The number of benzene rings is 2. The lowest BCUT2D eigenvalue weighted by atomic mass is 10.1. The zero-order valence-corrected chi connectivity index (χ0v) is 12.4. The molecule has 0 radical (unpaired) electrons. The van der Waals surface area contributed by atoms with Crippen LogP contribution in [0.5, 0.6) is 11.5 Å². The van der Waals surface area contributed by atoms with E-state index in [2.05, 4.69) is 6.92 Å². The summed E-state index contributed by atoms with van der Waals surface area (Å²) >= 11 is 0. The first-order valence-electron chi connectivity index (χ1n) is 7.38. The number of hydrogen-bond donors (Lipinski definition) is 1. The van der Waals surface area contributed by atoms with Crippen molar-refractivity contribution >= 4 is 0 Å². The topological polar surface area (TPSA) is 38.7 Å². The molecule has 0 aliphatic carbocycles. The van der Waals surface area contributed by atoms with Crippen LogP contribution >= 0.6 is 0 Å². The highest BCUT2D eigenvalue weighted by Gasteiger charge is 2.06. The molecule has 0 amide bonds. The van der Waals surface area contributed by atoms with E-state index >= 15 is 0 Å². The van der Waals surface area contributed by atoms with Crippen LogP contribution in [0.15, 0.2) is 54.6 Å². The highest BCUT2D eigenvalue weighted by atomic mass is 16.5. The van der Waals surface area contributed by atoms with Crippen LogP contribution in [0.2, 0.25) is 0 Å². The SMILES string of the molecule is CCCOc1ccc(OCCC(O)c2ccccc2)cc1. The van der Waals surface area contributed by atoms with Gasteiger partial charge in [-0.3, -0.25) is 0 Å². The summed E-state index contributed by atoms with van der Waals surface area (Å²) in [4.78, 5) is 0. The Morgan fingerprint density at radius 1 is 0.857 bits per heavy atom. The van der Waals surface area contributed by atoms with Crippen LogP contribution in [0.25, 0.3) is 0 Å². The van der Waals surface area contributed by atoms with E-state index in [9.17, 15) is 5.11 Å². The second-order valence-electron chi connectivity index (χ2n) is 4.88. The summed E-state index contributed by atoms with van der Waals surface area (Å²) in [5.41, 5.74) is 0.921. The van der Waals surface area contributed by atoms with Crippen LogP contribution in [-0.4, -0.2) is 18.3 Å². The molecule has 2 aromatic carbocycles. The van der Waals surface area contributed by atoms with E-state index in [4.69, 9.17) is 9.47 Å². The summed E-state index contributed by atoms with van der Waals surface area (Å²) in [6, 6.07) is 17.2. The van der Waals surface area contributed by atoms with Gasteiger partial charge in [-0.05, 0) is 36.2 Å². The molecule has 3 nitrogen and oxygen atoms in total. The molecule has 112 valence electrons. The number of aliphatic hydroxyl groups is 1. The number of hydrogen-bond acceptors (Lipinski definition) is 3. The minimum Gasteiger partial charge on any atom is -0.494 e. The van der Waals surface area contributed by atoms with Crippen molar-refractivity contribution in [3.05, 3.63) is 60.2 Å². The molecule has 0 saturated heterocycles. The van der Waals surface area contributed by atoms with Crippen LogP contribution < -0.4 is 9.47 Å². The minimum atomic E-state index is -0.488. The molecule has 2 rings (SSSR count). The zero-order chi connectivity index (χ0) is 14.9. The van der Waals surface area contributed by atoms with Crippen molar-refractivity contribution in [2.24, 2.45) is 0 Å². The van der Waals surface area contributed by atoms with Gasteiger partial charge in [0.1, 0.15) is 11.5 Å². The van der Waals surface area contributed by atoms with Crippen LogP contribution in [0, 0.1) is 0 Å². The fraction of sp³-hybridized carbons (Fsp3) is 0.333. The van der Waals surface area contributed by atoms with E-state index in [-0.39, 0.29) is 0 Å². The van der Waals surface area contributed by atoms with Crippen LogP contribution in [0.3, 0.4) is 0 Å². The summed E-state index contributed by atoms with van der Waals surface area (Å²) in [5.74, 6) is 1.65. The minimum absolute atomic E-state index is 0.477. The van der Waals surface area contributed by atoms with Crippen molar-refractivity contribution in [2.45, 2.75) is 25.9 Å². The molecule has 0 aromatic heterocycles. The summed E-state index contributed by atoms with van der Waals surface area (Å²) < 4.78 is 11.2. The van der Waals surface area contributed by atoms with Gasteiger partial charge < -0.3 is 14.6 Å². The Morgan fingerprint density at radius 2 is 1.43 bits per heavy atom. The Hall–Kier alpha value is -2.00. The Bertz CT molecular complexity index is 508. The van der Waals surface area contributed by atoms with Crippen molar-refractivity contribution in [1.29, 1.82) is 0 Å². The van der Waals surface area contributed by atoms with Gasteiger partial charge in [-0.25, -0.2) is 0 Å². The smallest absolute Gasteiger partial charge is 0.119 e. The maximum atomic E-state index is 10.0. The third-order valence-corrected chi connectivity index (χ3v) is 3.14. The zero-order valence-electron chi connectivity index (χ0n) is 12.4. The molecule has 0 fully saturated rings. The van der Waals surface area contributed by atoms with E-state index < -0.39 is 6.10 Å². The summed E-state index contributed by atoms with van der Waals surface area (Å²) in [6.07, 6.45) is 1.08. The highest BCUT2D eigenvalue weighted by Crippen LogP contribution is 2.20. The summed E-state index contributed by atoms with van der Waals surface area (Å²) in [5, 5.41) is 10.0. The number of rotatable bonds is 8. The lowest BCUT2D eigenvalue weighted by Gasteiger charge is -2.12. The van der Waals surface area contributed by atoms with E-state index in [1.807, 2.05) is 54.6 Å². The van der Waals surface area contributed by atoms with Crippen LogP contribution in [0.4, 0.5) is 0 Å². The molecule has 2 aromatic rings. The van der Waals surface area contributed by atoms with Crippen LogP contribution in [0.1, 0.15) is 31.4 Å². The molecule has 0 saturated carbocycles. The highest BCUT2D eigenvalue weighted by molar-refractivity contribution is 5.31. The van der Waals surface area contributed by atoms with Crippen molar-refractivity contribution < 1.29 is 14.6 Å². The summed E-state index contributed by atoms with van der Waals surface area (Å²) in [6.45, 7) is 3.28. The molecule has 21 heavy (non-hydrogen) atoms. The van der Waals surface area contributed by atoms with Gasteiger partial charge in [0.2, 0.25) is 0 Å². The van der Waals surface area contributed by atoms with Crippen molar-refractivity contribution in [2.75, 3.05) is 13.2 Å². The Balaban J connectivity index is 1.75. The van der Waals surface area contributed by atoms with Gasteiger partial charge in [-0.1, -0.05) is 37.3 Å². The van der Waals surface area contributed by atoms with Gasteiger partial charge in [-0.2, -0.15) is 0 Å². The molecule has 1 unspecified atom stereocenters. The molecule has 1 atom stereocenters. The van der Waals surface area contributed by atoms with E-state index in [1.165, 1.54) is 0 Å². The Labute approximate surface area is 126 Å². The summed E-state index contributed by atoms with van der Waals surface area (Å²) in [7, 11) is 0. The molecule has 0 heterocycles. The van der Waals surface area contributed by atoms with Gasteiger partial charge >= 0.3 is 0 Å². The predicted molar refractivity (Wildman–Crippen MR) is 83.7 cm³/mol. The number of aliphatic hydroxyl groups excluding tert-OH is 1. The quantitative estimate of drug-likeness (QED) is 0.797. The van der Waals surface area contributed by atoms with Crippen molar-refractivity contribution in [1.82, 2.24) is 0 Å². The van der Waals surface area contributed by atoms with Crippen LogP contribution in [-0.2, 0) is 0 Å². The van der Waals surface area contributed by atoms with E-state index in [0.717, 1.165) is 30.1 Å². The third kappa shape index (κ3) is 5.12. The van der Waals surface area contributed by atoms with E-state index in [1.54, 1.807) is 0 Å². The van der Waals surface area contributed by atoms with E-state index in [0.29, 0.717) is 13.0 Å². The largest absolute Gasteiger partial charge is 0.494 e. The fourth-order valence-corrected chi connectivity index (χ4v) is 1.98. The normalized spacial score (nSPS) is 11.9. The standard InChI is InChI=1S/C18H22O3/c1-2-13-20-16-8-10-17(11-9-16)21-14-12-18(19)15-6-4-3-5-7-15/h3-11,18-19H,2,12-14H2,1H3. The average Bonchev–Trinajstić information content (AvgIpc) is 2.55.